The van der Waals surface area contributed by atoms with Crippen LogP contribution < -0.4 is 16.2 Å². The molecule has 0 spiro atoms. The number of ether oxygens (including phenoxy) is 2. The van der Waals surface area contributed by atoms with Gasteiger partial charge in [0.15, 0.2) is 11.9 Å². The van der Waals surface area contributed by atoms with Crippen LogP contribution in [0.15, 0.2) is 41.6 Å². The van der Waals surface area contributed by atoms with Gasteiger partial charge in [-0.25, -0.2) is 14.3 Å². The van der Waals surface area contributed by atoms with Gasteiger partial charge in [0, 0.05) is 31.4 Å². The van der Waals surface area contributed by atoms with Crippen molar-refractivity contribution in [3.63, 3.8) is 0 Å². The Labute approximate surface area is 183 Å². The van der Waals surface area contributed by atoms with E-state index in [-0.39, 0.29) is 19.7 Å². The Morgan fingerprint density at radius 2 is 2.16 bits per heavy atom. The number of nitrogens with two attached hydrogens (primary N) is 1. The standard InChI is InChI=1S/C20H22FN7O4/c1-26-19(24-27(2)25-26)17-6-3-12(9-23-17)15-5-4-13(7-16(15)21)28-10-14(32-20(28)30)11-31-18(29)8-22/h3-7,9,14,25H,8,10-11,22H2,1-2H3. The van der Waals surface area contributed by atoms with Gasteiger partial charge in [-0.2, -0.15) is 0 Å². The number of hydrogen-bond acceptors (Lipinski definition) is 10. The number of cyclic esters (lactones) is 1. The van der Waals surface area contributed by atoms with Crippen LogP contribution in [-0.4, -0.2) is 72.9 Å². The summed E-state index contributed by atoms with van der Waals surface area (Å²) in [6.07, 6.45) is 0.272. The topological polar surface area (TPSA) is 126 Å². The van der Waals surface area contributed by atoms with Crippen LogP contribution in [0.3, 0.4) is 0 Å². The van der Waals surface area contributed by atoms with Gasteiger partial charge >= 0.3 is 12.1 Å². The second-order valence-corrected chi connectivity index (χ2v) is 7.21. The third-order valence-electron chi connectivity index (χ3n) is 4.90. The number of amides is 1. The van der Waals surface area contributed by atoms with Crippen LogP contribution in [-0.2, 0) is 14.3 Å². The fourth-order valence-corrected chi connectivity index (χ4v) is 3.37. The SMILES string of the molecule is CN1N=C(c2ccc(-c3ccc(N4CC(COC(=O)CN)OC4=O)cc3F)cn2)N(C)N1. The molecule has 1 aromatic heterocycles. The minimum absolute atomic E-state index is 0.108. The number of rotatable bonds is 6. The number of carbonyl (C=O) groups is 2. The fraction of sp³-hybridized carbons (Fsp3) is 0.300. The molecule has 1 atom stereocenters. The summed E-state index contributed by atoms with van der Waals surface area (Å²) in [4.78, 5) is 29.0. The Morgan fingerprint density at radius 1 is 1.34 bits per heavy atom. The smallest absolute Gasteiger partial charge is 0.414 e. The number of hydrogen-bond donors (Lipinski definition) is 2. The van der Waals surface area contributed by atoms with Gasteiger partial charge in [-0.1, -0.05) is 6.07 Å². The number of esters is 1. The van der Waals surface area contributed by atoms with E-state index in [1.807, 2.05) is 7.05 Å². The van der Waals surface area contributed by atoms with Crippen LogP contribution in [0, 0.1) is 5.82 Å². The first-order chi connectivity index (χ1) is 15.4. The molecule has 2 aromatic rings. The van der Waals surface area contributed by atoms with Gasteiger partial charge in [-0.3, -0.25) is 19.7 Å². The average molecular weight is 443 g/mol. The minimum atomic E-state index is -0.650. The molecule has 1 unspecified atom stereocenters. The van der Waals surface area contributed by atoms with E-state index in [2.05, 4.69) is 15.6 Å². The number of carbonyl (C=O) groups excluding carboxylic acids is 2. The maximum absolute atomic E-state index is 14.9. The number of hydrazine groups is 2. The van der Waals surface area contributed by atoms with Crippen molar-refractivity contribution in [1.82, 2.24) is 20.6 Å². The molecule has 1 fully saturated rings. The van der Waals surface area contributed by atoms with Crippen LogP contribution in [0.1, 0.15) is 5.69 Å². The van der Waals surface area contributed by atoms with Crippen LogP contribution in [0.25, 0.3) is 11.1 Å². The second-order valence-electron chi connectivity index (χ2n) is 7.21. The molecule has 0 saturated carbocycles. The van der Waals surface area contributed by atoms with Crippen molar-refractivity contribution in [3.05, 3.63) is 48.0 Å². The molecule has 0 aliphatic carbocycles. The highest BCUT2D eigenvalue weighted by Crippen LogP contribution is 2.29. The number of benzene rings is 1. The maximum Gasteiger partial charge on any atom is 0.414 e. The van der Waals surface area contributed by atoms with Crippen LogP contribution >= 0.6 is 0 Å². The number of amidine groups is 1. The number of hydrazone groups is 1. The first kappa shape index (κ1) is 21.5. The zero-order valence-electron chi connectivity index (χ0n) is 17.5. The van der Waals surface area contributed by atoms with Crippen LogP contribution in [0.4, 0.5) is 14.9 Å². The Balaban J connectivity index is 1.47. The molecule has 168 valence electrons. The molecule has 2 aliphatic rings. The van der Waals surface area contributed by atoms with Gasteiger partial charge in [-0.15, -0.1) is 10.6 Å². The van der Waals surface area contributed by atoms with Gasteiger partial charge < -0.3 is 15.2 Å². The molecule has 12 heteroatoms. The number of nitrogens with one attached hydrogen (secondary N) is 1. The molecule has 2 aliphatic heterocycles. The summed E-state index contributed by atoms with van der Waals surface area (Å²) in [6.45, 7) is -0.238. The van der Waals surface area contributed by atoms with Crippen LogP contribution in [0.2, 0.25) is 0 Å². The van der Waals surface area contributed by atoms with E-state index in [4.69, 9.17) is 15.2 Å². The predicted octanol–water partition coefficient (Wildman–Crippen LogP) is 0.673. The lowest BCUT2D eigenvalue weighted by atomic mass is 10.1. The number of halogens is 1. The summed E-state index contributed by atoms with van der Waals surface area (Å²) in [7, 11) is 3.58. The average Bonchev–Trinajstić information content (AvgIpc) is 3.32. The zero-order chi connectivity index (χ0) is 22.8. The van der Waals surface area contributed by atoms with E-state index in [9.17, 15) is 14.0 Å². The summed E-state index contributed by atoms with van der Waals surface area (Å²) in [5.74, 6) is -0.474. The second kappa shape index (κ2) is 8.77. The van der Waals surface area contributed by atoms with E-state index < -0.39 is 24.0 Å². The number of pyridine rings is 1. The van der Waals surface area contributed by atoms with Crippen LogP contribution in [0.5, 0.6) is 0 Å². The minimum Gasteiger partial charge on any atom is -0.461 e. The van der Waals surface area contributed by atoms with Crippen molar-refractivity contribution < 1.29 is 23.5 Å². The van der Waals surface area contributed by atoms with Crippen molar-refractivity contribution in [2.75, 3.05) is 38.7 Å². The van der Waals surface area contributed by atoms with Gasteiger partial charge in [0.1, 0.15) is 18.1 Å². The lowest BCUT2D eigenvalue weighted by Crippen LogP contribution is -2.38. The first-order valence-corrected chi connectivity index (χ1v) is 9.78. The molecule has 1 amide bonds. The third kappa shape index (κ3) is 4.31. The van der Waals surface area contributed by atoms with Gasteiger partial charge in [-0.05, 0) is 24.3 Å². The maximum atomic E-state index is 14.9. The van der Waals surface area contributed by atoms with E-state index in [1.54, 1.807) is 47.6 Å². The van der Waals surface area contributed by atoms with Gasteiger partial charge in [0.05, 0.1) is 18.8 Å². The van der Waals surface area contributed by atoms with E-state index in [0.717, 1.165) is 0 Å². The zero-order valence-corrected chi connectivity index (χ0v) is 17.5. The molecule has 4 rings (SSSR count). The van der Waals surface area contributed by atoms with Gasteiger partial charge in [0.25, 0.3) is 0 Å². The summed E-state index contributed by atoms with van der Waals surface area (Å²) >= 11 is 0. The van der Waals surface area contributed by atoms with Crippen molar-refractivity contribution >= 4 is 23.6 Å². The van der Waals surface area contributed by atoms with E-state index in [0.29, 0.717) is 28.3 Å². The van der Waals surface area contributed by atoms with Crippen molar-refractivity contribution in [1.29, 1.82) is 0 Å². The predicted molar refractivity (Wildman–Crippen MR) is 112 cm³/mol. The van der Waals surface area contributed by atoms with E-state index >= 15 is 0 Å². The largest absolute Gasteiger partial charge is 0.461 e. The third-order valence-corrected chi connectivity index (χ3v) is 4.90. The summed E-state index contributed by atoms with van der Waals surface area (Å²) in [6, 6.07) is 7.96. The first-order valence-electron chi connectivity index (χ1n) is 9.78. The van der Waals surface area contributed by atoms with Crippen molar-refractivity contribution in [3.8, 4) is 11.1 Å². The van der Waals surface area contributed by atoms with Crippen molar-refractivity contribution in [2.24, 2.45) is 10.8 Å². The summed E-state index contributed by atoms with van der Waals surface area (Å²) in [5.41, 5.74) is 10.0. The molecule has 0 radical (unpaired) electrons. The Bertz CT molecular complexity index is 1060. The Morgan fingerprint density at radius 3 is 2.78 bits per heavy atom. The number of aromatic nitrogens is 1. The molecular weight excluding hydrogens is 421 g/mol. The number of anilines is 1. The lowest BCUT2D eigenvalue weighted by molar-refractivity contribution is -0.144. The molecule has 0 bridgehead atoms. The van der Waals surface area contributed by atoms with Gasteiger partial charge in [0.2, 0.25) is 0 Å². The molecule has 11 nitrogen and oxygen atoms in total. The monoisotopic (exact) mass is 443 g/mol. The highest BCUT2D eigenvalue weighted by Gasteiger charge is 2.33. The molecule has 1 aromatic carbocycles. The van der Waals surface area contributed by atoms with Crippen molar-refractivity contribution in [2.45, 2.75) is 6.10 Å². The summed E-state index contributed by atoms with van der Waals surface area (Å²) < 4.78 is 25.0. The summed E-state index contributed by atoms with van der Waals surface area (Å²) in [5, 5.41) is 7.58. The highest BCUT2D eigenvalue weighted by atomic mass is 19.1. The molecule has 1 saturated heterocycles. The Kier molecular flexibility index (Phi) is 5.88. The highest BCUT2D eigenvalue weighted by molar-refractivity contribution is 5.97. The molecule has 32 heavy (non-hydrogen) atoms. The Hall–Kier alpha value is -3.77. The molecule has 3 heterocycles. The molecular formula is C20H22FN7O4. The quantitative estimate of drug-likeness (QED) is 0.620. The fourth-order valence-electron chi connectivity index (χ4n) is 3.37. The number of nitrogens with zero attached hydrogens (tertiary/aromatic N) is 5. The van der Waals surface area contributed by atoms with E-state index in [1.165, 1.54) is 11.0 Å². The lowest BCUT2D eigenvalue weighted by Gasteiger charge is -2.15. The normalized spacial score (nSPS) is 18.1. The molecule has 3 N–H and O–H groups in total.